The van der Waals surface area contributed by atoms with Gasteiger partial charge in [0.05, 0.1) is 6.54 Å². The summed E-state index contributed by atoms with van der Waals surface area (Å²) in [5.41, 5.74) is 0.188. The van der Waals surface area contributed by atoms with Gasteiger partial charge in [-0.3, -0.25) is 14.5 Å². The van der Waals surface area contributed by atoms with E-state index in [1.165, 1.54) is 4.90 Å². The molecule has 0 bridgehead atoms. The van der Waals surface area contributed by atoms with Crippen molar-refractivity contribution in [2.75, 3.05) is 20.1 Å². The lowest BCUT2D eigenvalue weighted by atomic mass is 9.92. The van der Waals surface area contributed by atoms with E-state index in [9.17, 15) is 9.59 Å². The quantitative estimate of drug-likeness (QED) is 0.771. The summed E-state index contributed by atoms with van der Waals surface area (Å²) in [6, 6.07) is -0.650. The zero-order chi connectivity index (χ0) is 13.6. The van der Waals surface area contributed by atoms with Crippen LogP contribution >= 0.6 is 12.4 Å². The Morgan fingerprint density at radius 2 is 1.83 bits per heavy atom. The van der Waals surface area contributed by atoms with Crippen LogP contribution in [0.3, 0.4) is 0 Å². The summed E-state index contributed by atoms with van der Waals surface area (Å²) in [4.78, 5) is 23.7. The van der Waals surface area contributed by atoms with Crippen molar-refractivity contribution in [3.63, 3.8) is 0 Å². The van der Waals surface area contributed by atoms with E-state index in [-0.39, 0.29) is 30.3 Å². The van der Waals surface area contributed by atoms with Gasteiger partial charge >= 0.3 is 5.97 Å². The van der Waals surface area contributed by atoms with Gasteiger partial charge < -0.3 is 10.4 Å². The van der Waals surface area contributed by atoms with Crippen molar-refractivity contribution < 1.29 is 14.7 Å². The normalized spacial score (nSPS) is 12.8. The highest BCUT2D eigenvalue weighted by atomic mass is 35.5. The third-order valence-corrected chi connectivity index (χ3v) is 2.61. The Kier molecular flexibility index (Phi) is 9.03. The van der Waals surface area contributed by atoms with Gasteiger partial charge in [-0.1, -0.05) is 20.8 Å². The van der Waals surface area contributed by atoms with Crippen LogP contribution in [0.4, 0.5) is 0 Å². The highest BCUT2D eigenvalue weighted by Gasteiger charge is 2.19. The number of halogens is 1. The first kappa shape index (κ1) is 19.5. The van der Waals surface area contributed by atoms with Crippen molar-refractivity contribution in [3.8, 4) is 0 Å². The van der Waals surface area contributed by atoms with Crippen molar-refractivity contribution in [3.05, 3.63) is 0 Å². The molecule has 0 radical (unpaired) electrons. The molecule has 0 rings (SSSR count). The van der Waals surface area contributed by atoms with Crippen LogP contribution in [0.1, 0.15) is 34.1 Å². The van der Waals surface area contributed by atoms with E-state index in [2.05, 4.69) is 26.1 Å². The fraction of sp³-hybridized carbons (Fsp3) is 0.833. The summed E-state index contributed by atoms with van der Waals surface area (Å²) in [6.07, 6.45) is 0.900. The van der Waals surface area contributed by atoms with Crippen molar-refractivity contribution in [1.29, 1.82) is 0 Å². The Balaban J connectivity index is 0. The molecular weight excluding hydrogens is 256 g/mol. The van der Waals surface area contributed by atoms with Gasteiger partial charge in [0.15, 0.2) is 0 Å². The lowest BCUT2D eigenvalue weighted by Gasteiger charge is -2.21. The molecule has 0 saturated heterocycles. The van der Waals surface area contributed by atoms with Crippen LogP contribution in [0.2, 0.25) is 0 Å². The van der Waals surface area contributed by atoms with Crippen molar-refractivity contribution in [2.45, 2.75) is 40.2 Å². The Morgan fingerprint density at radius 1 is 1.33 bits per heavy atom. The Hall–Kier alpha value is -0.810. The van der Waals surface area contributed by atoms with Gasteiger partial charge in [-0.05, 0) is 25.8 Å². The number of nitrogens with zero attached hydrogens (tertiary/aromatic N) is 1. The van der Waals surface area contributed by atoms with Crippen LogP contribution in [-0.2, 0) is 9.59 Å². The number of carbonyl (C=O) groups excluding carboxylic acids is 1. The van der Waals surface area contributed by atoms with E-state index < -0.39 is 12.0 Å². The molecule has 0 aliphatic carbocycles. The lowest BCUT2D eigenvalue weighted by molar-refractivity contribution is -0.142. The highest BCUT2D eigenvalue weighted by Crippen LogP contribution is 2.16. The van der Waals surface area contributed by atoms with Gasteiger partial charge in [0.1, 0.15) is 6.04 Å². The molecule has 0 aromatic heterocycles. The highest BCUT2D eigenvalue weighted by molar-refractivity contribution is 5.85. The second-order valence-electron chi connectivity index (χ2n) is 5.59. The minimum absolute atomic E-state index is 0. The number of nitrogens with one attached hydrogen (secondary N) is 1. The molecule has 0 spiro atoms. The minimum Gasteiger partial charge on any atom is -0.480 e. The number of rotatable bonds is 6. The first-order valence-corrected chi connectivity index (χ1v) is 5.83. The van der Waals surface area contributed by atoms with Gasteiger partial charge in [0, 0.05) is 6.54 Å². The molecule has 6 heteroatoms. The molecule has 0 aromatic carbocycles. The fourth-order valence-electron chi connectivity index (χ4n) is 1.18. The summed E-state index contributed by atoms with van der Waals surface area (Å²) in [5.74, 6) is -1.06. The summed E-state index contributed by atoms with van der Waals surface area (Å²) in [7, 11) is 1.63. The van der Waals surface area contributed by atoms with Crippen LogP contribution in [0, 0.1) is 5.41 Å². The predicted octanol–water partition coefficient (Wildman–Crippen LogP) is 1.37. The first-order valence-electron chi connectivity index (χ1n) is 5.83. The number of hydrogen-bond donors (Lipinski definition) is 2. The van der Waals surface area contributed by atoms with E-state index in [1.807, 2.05) is 0 Å². The summed E-state index contributed by atoms with van der Waals surface area (Å²) in [6.45, 7) is 8.62. The monoisotopic (exact) mass is 280 g/mol. The maximum Gasteiger partial charge on any atom is 0.320 e. The Labute approximate surface area is 115 Å². The number of aliphatic carboxylic acids is 1. The standard InChI is InChI=1S/C12H24N2O3.ClH/c1-9(11(16)17)14(5)8-10(15)13-7-6-12(2,3)4;/h9H,6-8H2,1-5H3,(H,13,15)(H,16,17);1H. The number of carboxylic acids is 1. The van der Waals surface area contributed by atoms with Gasteiger partial charge in [-0.2, -0.15) is 0 Å². The van der Waals surface area contributed by atoms with E-state index >= 15 is 0 Å². The second-order valence-corrected chi connectivity index (χ2v) is 5.59. The zero-order valence-electron chi connectivity index (χ0n) is 11.8. The van der Waals surface area contributed by atoms with Crippen molar-refractivity contribution >= 4 is 24.3 Å². The molecule has 0 fully saturated rings. The van der Waals surface area contributed by atoms with E-state index in [0.717, 1.165) is 6.42 Å². The largest absolute Gasteiger partial charge is 0.480 e. The molecule has 0 aliphatic rings. The molecule has 0 aliphatic heterocycles. The van der Waals surface area contributed by atoms with Crippen LogP contribution < -0.4 is 5.32 Å². The van der Waals surface area contributed by atoms with Crippen molar-refractivity contribution in [2.24, 2.45) is 5.41 Å². The SMILES string of the molecule is CC(C(=O)O)N(C)CC(=O)NCCC(C)(C)C.Cl. The zero-order valence-corrected chi connectivity index (χ0v) is 12.6. The van der Waals surface area contributed by atoms with Crippen LogP contribution in [0.15, 0.2) is 0 Å². The number of carboxylic acid groups (broad SMARTS) is 1. The number of carbonyl (C=O) groups is 2. The molecule has 108 valence electrons. The molecular formula is C12H25ClN2O3. The average Bonchev–Trinajstić information content (AvgIpc) is 2.13. The van der Waals surface area contributed by atoms with Gasteiger partial charge in [0.2, 0.25) is 5.91 Å². The molecule has 0 heterocycles. The average molecular weight is 281 g/mol. The van der Waals surface area contributed by atoms with E-state index in [0.29, 0.717) is 6.54 Å². The van der Waals surface area contributed by atoms with Gasteiger partial charge in [-0.15, -0.1) is 12.4 Å². The molecule has 5 nitrogen and oxygen atoms in total. The third-order valence-electron chi connectivity index (χ3n) is 2.61. The van der Waals surface area contributed by atoms with Gasteiger partial charge in [-0.25, -0.2) is 0 Å². The molecule has 2 N–H and O–H groups in total. The minimum atomic E-state index is -0.921. The van der Waals surface area contributed by atoms with Crippen molar-refractivity contribution in [1.82, 2.24) is 10.2 Å². The summed E-state index contributed by atoms with van der Waals surface area (Å²) >= 11 is 0. The van der Waals surface area contributed by atoms with E-state index in [4.69, 9.17) is 5.11 Å². The maximum absolute atomic E-state index is 11.5. The molecule has 1 amide bonds. The second kappa shape index (κ2) is 8.32. The Bertz CT molecular complexity index is 277. The third kappa shape index (κ3) is 9.24. The van der Waals surface area contributed by atoms with E-state index in [1.54, 1.807) is 14.0 Å². The molecule has 0 aromatic rings. The lowest BCUT2D eigenvalue weighted by Crippen LogP contribution is -2.43. The molecule has 0 saturated carbocycles. The predicted molar refractivity (Wildman–Crippen MR) is 74.1 cm³/mol. The number of likely N-dealkylation sites (N-methyl/N-ethyl adjacent to an activating group) is 1. The summed E-state index contributed by atoms with van der Waals surface area (Å²) < 4.78 is 0. The molecule has 1 unspecified atom stereocenters. The molecule has 1 atom stereocenters. The van der Waals surface area contributed by atoms with Crippen LogP contribution in [0.25, 0.3) is 0 Å². The fourth-order valence-corrected chi connectivity index (χ4v) is 1.18. The Morgan fingerprint density at radius 3 is 2.22 bits per heavy atom. The molecule has 18 heavy (non-hydrogen) atoms. The topological polar surface area (TPSA) is 69.6 Å². The van der Waals surface area contributed by atoms with Crippen LogP contribution in [0.5, 0.6) is 0 Å². The number of hydrogen-bond acceptors (Lipinski definition) is 3. The summed E-state index contributed by atoms with van der Waals surface area (Å²) in [5, 5.41) is 11.6. The maximum atomic E-state index is 11.5. The smallest absolute Gasteiger partial charge is 0.320 e. The number of amides is 1. The van der Waals surface area contributed by atoms with Gasteiger partial charge in [0.25, 0.3) is 0 Å². The first-order chi connectivity index (χ1) is 7.63. The van der Waals surface area contributed by atoms with Crippen LogP contribution in [-0.4, -0.2) is 48.1 Å².